The molecular weight excluding hydrogens is 359 g/mol. The van der Waals surface area contributed by atoms with Crippen molar-refractivity contribution in [2.24, 2.45) is 0 Å². The highest BCUT2D eigenvalue weighted by Gasteiger charge is 2.07. The van der Waals surface area contributed by atoms with E-state index in [1.165, 1.54) is 0 Å². The second-order valence-electron chi connectivity index (χ2n) is 4.65. The molecule has 0 bridgehead atoms. The number of hydrogen-bond acceptors (Lipinski definition) is 2. The van der Waals surface area contributed by atoms with Crippen LogP contribution in [0.4, 0.5) is 11.4 Å². The Morgan fingerprint density at radius 2 is 1.85 bits per heavy atom. The summed E-state index contributed by atoms with van der Waals surface area (Å²) >= 11 is 15.7. The largest absolute Gasteiger partial charge is 0.379 e. The first-order valence-corrected chi connectivity index (χ1v) is 7.67. The maximum atomic E-state index is 6.22. The first kappa shape index (κ1) is 15.5. The number of rotatable bonds is 4. The Balaban J connectivity index is 2.20. The van der Waals surface area contributed by atoms with E-state index in [4.69, 9.17) is 23.2 Å². The van der Waals surface area contributed by atoms with Gasteiger partial charge >= 0.3 is 0 Å². The molecule has 5 heteroatoms. The zero-order valence-corrected chi connectivity index (χ0v) is 14.4. The number of benzene rings is 2. The van der Waals surface area contributed by atoms with Gasteiger partial charge in [-0.2, -0.15) is 0 Å². The van der Waals surface area contributed by atoms with E-state index in [1.807, 2.05) is 55.4 Å². The lowest BCUT2D eigenvalue weighted by molar-refractivity contribution is 1.10. The van der Waals surface area contributed by atoms with Crippen LogP contribution in [0, 0.1) is 0 Å². The Morgan fingerprint density at radius 3 is 2.50 bits per heavy atom. The number of hydrogen-bond donors (Lipinski definition) is 1. The van der Waals surface area contributed by atoms with Crippen LogP contribution in [0.3, 0.4) is 0 Å². The van der Waals surface area contributed by atoms with Gasteiger partial charge in [-0.1, -0.05) is 45.2 Å². The predicted molar refractivity (Wildman–Crippen MR) is 92.3 cm³/mol. The van der Waals surface area contributed by atoms with E-state index < -0.39 is 0 Å². The van der Waals surface area contributed by atoms with Gasteiger partial charge in [0.15, 0.2) is 0 Å². The fourth-order valence-electron chi connectivity index (χ4n) is 1.90. The van der Waals surface area contributed by atoms with Crippen LogP contribution in [0.2, 0.25) is 10.0 Å². The van der Waals surface area contributed by atoms with Crippen LogP contribution in [0.5, 0.6) is 0 Å². The van der Waals surface area contributed by atoms with Gasteiger partial charge in [-0.05, 0) is 35.9 Å². The van der Waals surface area contributed by atoms with Gasteiger partial charge in [0.1, 0.15) is 0 Å². The first-order valence-electron chi connectivity index (χ1n) is 6.12. The summed E-state index contributed by atoms with van der Waals surface area (Å²) in [7, 11) is 4.00. The Hall–Kier alpha value is -0.900. The minimum atomic E-state index is 0.646. The van der Waals surface area contributed by atoms with E-state index in [1.54, 1.807) is 0 Å². The van der Waals surface area contributed by atoms with E-state index in [2.05, 4.69) is 21.2 Å². The average molecular weight is 374 g/mol. The van der Waals surface area contributed by atoms with Gasteiger partial charge in [-0.3, -0.25) is 0 Å². The van der Waals surface area contributed by atoms with Crippen LogP contribution in [0.1, 0.15) is 5.56 Å². The maximum Gasteiger partial charge on any atom is 0.0597 e. The van der Waals surface area contributed by atoms with Crippen molar-refractivity contribution >= 4 is 50.5 Å². The molecule has 0 spiro atoms. The lowest BCUT2D eigenvalue weighted by Crippen LogP contribution is -2.12. The third-order valence-electron chi connectivity index (χ3n) is 2.92. The van der Waals surface area contributed by atoms with Gasteiger partial charge in [-0.25, -0.2) is 0 Å². The first-order chi connectivity index (χ1) is 9.47. The van der Waals surface area contributed by atoms with Crippen molar-refractivity contribution in [1.29, 1.82) is 0 Å². The van der Waals surface area contributed by atoms with Crippen molar-refractivity contribution in [3.8, 4) is 0 Å². The molecule has 0 amide bonds. The molecule has 0 atom stereocenters. The summed E-state index contributed by atoms with van der Waals surface area (Å²) in [5.41, 5.74) is 3.11. The number of nitrogens with one attached hydrogen (secondary N) is 1. The third-order valence-corrected chi connectivity index (χ3v) is 4.01. The van der Waals surface area contributed by atoms with Crippen LogP contribution in [0.25, 0.3) is 0 Å². The van der Waals surface area contributed by atoms with Gasteiger partial charge in [0.25, 0.3) is 0 Å². The van der Waals surface area contributed by atoms with Gasteiger partial charge in [0.2, 0.25) is 0 Å². The van der Waals surface area contributed by atoms with Gasteiger partial charge in [0, 0.05) is 35.2 Å². The molecule has 2 nitrogen and oxygen atoms in total. The van der Waals surface area contributed by atoms with Crippen LogP contribution >= 0.6 is 39.1 Å². The molecule has 2 rings (SSSR count). The molecule has 0 aliphatic heterocycles. The summed E-state index contributed by atoms with van der Waals surface area (Å²) < 4.78 is 0.975. The molecule has 0 aliphatic carbocycles. The topological polar surface area (TPSA) is 15.3 Å². The highest BCUT2D eigenvalue weighted by atomic mass is 79.9. The van der Waals surface area contributed by atoms with Gasteiger partial charge < -0.3 is 10.2 Å². The second kappa shape index (κ2) is 6.70. The molecule has 0 fully saturated rings. The van der Waals surface area contributed by atoms with Gasteiger partial charge in [0.05, 0.1) is 11.4 Å². The van der Waals surface area contributed by atoms with Crippen molar-refractivity contribution in [2.75, 3.05) is 24.3 Å². The number of nitrogens with zero attached hydrogens (tertiary/aromatic N) is 1. The van der Waals surface area contributed by atoms with Crippen molar-refractivity contribution in [3.05, 3.63) is 56.5 Å². The molecule has 0 radical (unpaired) electrons. The Bertz CT molecular complexity index is 615. The van der Waals surface area contributed by atoms with Crippen molar-refractivity contribution in [1.82, 2.24) is 0 Å². The van der Waals surface area contributed by atoms with Gasteiger partial charge in [-0.15, -0.1) is 0 Å². The summed E-state index contributed by atoms with van der Waals surface area (Å²) in [6.07, 6.45) is 0. The van der Waals surface area contributed by atoms with E-state index >= 15 is 0 Å². The van der Waals surface area contributed by atoms with Crippen LogP contribution in [-0.4, -0.2) is 14.1 Å². The number of halogens is 3. The van der Waals surface area contributed by atoms with E-state index in [9.17, 15) is 0 Å². The summed E-state index contributed by atoms with van der Waals surface area (Å²) in [6, 6.07) is 11.7. The lowest BCUT2D eigenvalue weighted by Gasteiger charge is -2.19. The molecule has 1 N–H and O–H groups in total. The van der Waals surface area contributed by atoms with Crippen molar-refractivity contribution in [3.63, 3.8) is 0 Å². The highest BCUT2D eigenvalue weighted by Crippen LogP contribution is 2.29. The molecule has 0 saturated heterocycles. The maximum absolute atomic E-state index is 6.22. The molecule has 0 aliphatic rings. The molecule has 0 heterocycles. The van der Waals surface area contributed by atoms with E-state index in [0.717, 1.165) is 26.4 Å². The van der Waals surface area contributed by atoms with Crippen LogP contribution in [-0.2, 0) is 6.54 Å². The third kappa shape index (κ3) is 3.81. The summed E-state index contributed by atoms with van der Waals surface area (Å²) in [5, 5.41) is 4.83. The molecule has 0 unspecified atom stereocenters. The Morgan fingerprint density at radius 1 is 1.10 bits per heavy atom. The van der Waals surface area contributed by atoms with Crippen LogP contribution < -0.4 is 10.2 Å². The average Bonchev–Trinajstić information content (AvgIpc) is 2.37. The summed E-state index contributed by atoms with van der Waals surface area (Å²) in [4.78, 5) is 2.04. The Labute approximate surface area is 137 Å². The molecule has 20 heavy (non-hydrogen) atoms. The predicted octanol–water partition coefficient (Wildman–Crippen LogP) is 5.43. The van der Waals surface area contributed by atoms with E-state index in [-0.39, 0.29) is 0 Å². The fraction of sp³-hybridized carbons (Fsp3) is 0.200. The smallest absolute Gasteiger partial charge is 0.0597 e. The molecule has 106 valence electrons. The lowest BCUT2D eigenvalue weighted by atomic mass is 10.2. The summed E-state index contributed by atoms with van der Waals surface area (Å²) in [5.74, 6) is 0. The quantitative estimate of drug-likeness (QED) is 0.768. The number of anilines is 2. The molecule has 0 aromatic heterocycles. The zero-order valence-electron chi connectivity index (χ0n) is 11.3. The van der Waals surface area contributed by atoms with Crippen molar-refractivity contribution < 1.29 is 0 Å². The zero-order chi connectivity index (χ0) is 14.7. The molecule has 2 aromatic rings. The molecule has 0 saturated carbocycles. The SMILES string of the molecule is CN(C)c1ccc(Cl)cc1NCc1ccc(Br)cc1Cl. The monoisotopic (exact) mass is 372 g/mol. The van der Waals surface area contributed by atoms with Crippen molar-refractivity contribution in [2.45, 2.75) is 6.54 Å². The Kier molecular flexibility index (Phi) is 5.19. The minimum Gasteiger partial charge on any atom is -0.379 e. The highest BCUT2D eigenvalue weighted by molar-refractivity contribution is 9.10. The summed E-state index contributed by atoms with van der Waals surface area (Å²) in [6.45, 7) is 0.646. The standard InChI is InChI=1S/C15H15BrCl2N2/c1-20(2)15-6-5-12(17)8-14(15)19-9-10-3-4-11(16)7-13(10)18/h3-8,19H,9H2,1-2H3. The van der Waals surface area contributed by atoms with Crippen LogP contribution in [0.15, 0.2) is 40.9 Å². The molecular formula is C15H15BrCl2N2. The molecule has 2 aromatic carbocycles. The minimum absolute atomic E-state index is 0.646. The normalized spacial score (nSPS) is 10.4. The van der Waals surface area contributed by atoms with E-state index in [0.29, 0.717) is 11.6 Å². The fourth-order valence-corrected chi connectivity index (χ4v) is 2.81. The second-order valence-corrected chi connectivity index (χ2v) is 6.40.